The van der Waals surface area contributed by atoms with Gasteiger partial charge in [-0.3, -0.25) is 0 Å². The Kier molecular flexibility index (Phi) is 5.06. The van der Waals surface area contributed by atoms with Crippen LogP contribution in [0.1, 0.15) is 22.0 Å². The fraction of sp³-hybridized carbons (Fsp3) is 0.188. The topological polar surface area (TPSA) is 55.8 Å². The first-order chi connectivity index (χ1) is 10.5. The molecule has 0 radical (unpaired) electrons. The lowest BCUT2D eigenvalue weighted by Crippen LogP contribution is -2.12. The van der Waals surface area contributed by atoms with Crippen LogP contribution in [-0.2, 0) is 4.74 Å². The minimum Gasteiger partial charge on any atom is -0.491 e. The maximum Gasteiger partial charge on any atom is 0.337 e. The molecule has 116 valence electrons. The molecule has 2 aromatic carbocycles. The Morgan fingerprint density at radius 3 is 2.73 bits per heavy atom. The van der Waals surface area contributed by atoms with E-state index in [1.807, 2.05) is 0 Å². The van der Waals surface area contributed by atoms with Gasteiger partial charge in [-0.1, -0.05) is 6.07 Å². The average Bonchev–Trinajstić information content (AvgIpc) is 2.54. The van der Waals surface area contributed by atoms with Gasteiger partial charge in [0.05, 0.1) is 12.7 Å². The quantitative estimate of drug-likeness (QED) is 0.863. The van der Waals surface area contributed by atoms with Gasteiger partial charge in [-0.25, -0.2) is 13.6 Å². The molecule has 0 fully saturated rings. The highest BCUT2D eigenvalue weighted by atomic mass is 19.1. The predicted octanol–water partition coefficient (Wildman–Crippen LogP) is 2.86. The molecule has 0 aromatic heterocycles. The number of hydrogen-bond donors (Lipinski definition) is 1. The fourth-order valence-corrected chi connectivity index (χ4v) is 1.87. The summed E-state index contributed by atoms with van der Waals surface area (Å²) in [4.78, 5) is 11.4. The van der Waals surface area contributed by atoms with E-state index in [-0.39, 0.29) is 17.7 Å². The van der Waals surface area contributed by atoms with Gasteiger partial charge in [-0.15, -0.1) is 0 Å². The van der Waals surface area contributed by atoms with Crippen molar-refractivity contribution >= 4 is 5.97 Å². The lowest BCUT2D eigenvalue weighted by atomic mass is 10.1. The molecule has 0 aliphatic rings. The summed E-state index contributed by atoms with van der Waals surface area (Å²) in [6, 6.07) is 8.94. The Hall–Kier alpha value is -2.47. The van der Waals surface area contributed by atoms with Crippen LogP contribution in [0.2, 0.25) is 0 Å². The Balaban J connectivity index is 2.06. The van der Waals surface area contributed by atoms with Crippen molar-refractivity contribution in [3.63, 3.8) is 0 Å². The van der Waals surface area contributed by atoms with Crippen LogP contribution < -0.4 is 4.74 Å². The van der Waals surface area contributed by atoms with E-state index in [1.165, 1.54) is 13.2 Å². The first kappa shape index (κ1) is 15.9. The van der Waals surface area contributed by atoms with E-state index in [1.54, 1.807) is 18.2 Å². The summed E-state index contributed by atoms with van der Waals surface area (Å²) in [6.07, 6.45) is -1.34. The van der Waals surface area contributed by atoms with Crippen molar-refractivity contribution < 1.29 is 28.2 Å². The number of ether oxygens (including phenoxy) is 2. The maximum atomic E-state index is 13.5. The molecule has 0 saturated carbocycles. The summed E-state index contributed by atoms with van der Waals surface area (Å²) < 4.78 is 36.5. The Morgan fingerprint density at radius 1 is 1.23 bits per heavy atom. The molecular formula is C16H14F2O4. The summed E-state index contributed by atoms with van der Waals surface area (Å²) in [7, 11) is 1.26. The zero-order valence-electron chi connectivity index (χ0n) is 11.8. The smallest absolute Gasteiger partial charge is 0.337 e. The monoisotopic (exact) mass is 308 g/mol. The number of hydrogen-bond acceptors (Lipinski definition) is 4. The lowest BCUT2D eigenvalue weighted by Gasteiger charge is -2.14. The maximum absolute atomic E-state index is 13.5. The molecule has 4 nitrogen and oxygen atoms in total. The molecular weight excluding hydrogens is 294 g/mol. The molecule has 1 N–H and O–H groups in total. The molecule has 0 spiro atoms. The lowest BCUT2D eigenvalue weighted by molar-refractivity contribution is 0.0600. The third-order valence-corrected chi connectivity index (χ3v) is 2.98. The van der Waals surface area contributed by atoms with E-state index in [0.29, 0.717) is 5.75 Å². The summed E-state index contributed by atoms with van der Waals surface area (Å²) >= 11 is 0. The largest absolute Gasteiger partial charge is 0.491 e. The van der Waals surface area contributed by atoms with Crippen molar-refractivity contribution in [3.05, 3.63) is 65.2 Å². The van der Waals surface area contributed by atoms with Crippen LogP contribution in [0.5, 0.6) is 5.75 Å². The number of carbonyl (C=O) groups is 1. The summed E-state index contributed by atoms with van der Waals surface area (Å²) in [5.41, 5.74) is 0.0931. The van der Waals surface area contributed by atoms with E-state index >= 15 is 0 Å². The van der Waals surface area contributed by atoms with Crippen molar-refractivity contribution in [2.45, 2.75) is 6.10 Å². The van der Waals surface area contributed by atoms with Crippen LogP contribution >= 0.6 is 0 Å². The van der Waals surface area contributed by atoms with Crippen molar-refractivity contribution in [3.8, 4) is 5.75 Å². The predicted molar refractivity (Wildman–Crippen MR) is 74.6 cm³/mol. The molecule has 2 aromatic rings. The van der Waals surface area contributed by atoms with E-state index in [9.17, 15) is 18.7 Å². The number of rotatable bonds is 5. The SMILES string of the molecule is COC(=O)c1cccc(OCC(O)c2cc(F)ccc2F)c1. The van der Waals surface area contributed by atoms with Gasteiger partial charge < -0.3 is 14.6 Å². The van der Waals surface area contributed by atoms with Crippen LogP contribution in [-0.4, -0.2) is 24.8 Å². The van der Waals surface area contributed by atoms with Crippen LogP contribution in [0.3, 0.4) is 0 Å². The normalized spacial score (nSPS) is 11.8. The molecule has 0 aliphatic carbocycles. The Morgan fingerprint density at radius 2 is 2.00 bits per heavy atom. The molecule has 2 rings (SSSR count). The van der Waals surface area contributed by atoms with Crippen LogP contribution in [0, 0.1) is 11.6 Å². The third kappa shape index (κ3) is 3.79. The Labute approximate surface area is 125 Å². The van der Waals surface area contributed by atoms with Crippen LogP contribution in [0.15, 0.2) is 42.5 Å². The molecule has 0 amide bonds. The Bertz CT molecular complexity index is 673. The van der Waals surface area contributed by atoms with Crippen molar-refractivity contribution in [1.29, 1.82) is 0 Å². The zero-order valence-corrected chi connectivity index (χ0v) is 11.8. The van der Waals surface area contributed by atoms with Crippen LogP contribution in [0.4, 0.5) is 8.78 Å². The van der Waals surface area contributed by atoms with Gasteiger partial charge >= 0.3 is 5.97 Å². The van der Waals surface area contributed by atoms with Gasteiger partial charge in [0, 0.05) is 5.56 Å². The van der Waals surface area contributed by atoms with Gasteiger partial charge in [0.1, 0.15) is 30.1 Å². The van der Waals surface area contributed by atoms with Gasteiger partial charge in [0.25, 0.3) is 0 Å². The molecule has 0 saturated heterocycles. The average molecular weight is 308 g/mol. The number of halogens is 2. The third-order valence-electron chi connectivity index (χ3n) is 2.98. The summed E-state index contributed by atoms with van der Waals surface area (Å²) in [5.74, 6) is -1.59. The number of benzene rings is 2. The van der Waals surface area contributed by atoms with Crippen molar-refractivity contribution in [2.75, 3.05) is 13.7 Å². The fourth-order valence-electron chi connectivity index (χ4n) is 1.87. The van der Waals surface area contributed by atoms with Crippen molar-refractivity contribution in [1.82, 2.24) is 0 Å². The molecule has 1 atom stereocenters. The molecule has 0 bridgehead atoms. The number of methoxy groups -OCH3 is 1. The van der Waals surface area contributed by atoms with E-state index in [4.69, 9.17) is 4.74 Å². The minimum absolute atomic E-state index is 0.191. The molecule has 22 heavy (non-hydrogen) atoms. The summed E-state index contributed by atoms with van der Waals surface area (Å²) in [5, 5.41) is 9.89. The number of carbonyl (C=O) groups excluding carboxylic acids is 1. The van der Waals surface area contributed by atoms with E-state index in [0.717, 1.165) is 18.2 Å². The van der Waals surface area contributed by atoms with Crippen molar-refractivity contribution in [2.24, 2.45) is 0 Å². The van der Waals surface area contributed by atoms with Gasteiger partial charge in [-0.2, -0.15) is 0 Å². The van der Waals surface area contributed by atoms with Gasteiger partial charge in [0.2, 0.25) is 0 Å². The highest BCUT2D eigenvalue weighted by Crippen LogP contribution is 2.21. The molecule has 1 unspecified atom stereocenters. The second-order valence-corrected chi connectivity index (χ2v) is 4.51. The first-order valence-electron chi connectivity index (χ1n) is 6.45. The highest BCUT2D eigenvalue weighted by molar-refractivity contribution is 5.89. The molecule has 0 aliphatic heterocycles. The van der Waals surface area contributed by atoms with Gasteiger partial charge in [0.15, 0.2) is 0 Å². The number of aliphatic hydroxyl groups is 1. The second kappa shape index (κ2) is 7.00. The standard InChI is InChI=1S/C16H14F2O4/c1-21-16(20)10-3-2-4-12(7-10)22-9-15(19)13-8-11(17)5-6-14(13)18/h2-8,15,19H,9H2,1H3. The minimum atomic E-state index is -1.34. The van der Waals surface area contributed by atoms with E-state index < -0.39 is 23.7 Å². The molecule has 6 heteroatoms. The number of aliphatic hydroxyl groups excluding tert-OH is 1. The number of esters is 1. The van der Waals surface area contributed by atoms with Gasteiger partial charge in [-0.05, 0) is 36.4 Å². The highest BCUT2D eigenvalue weighted by Gasteiger charge is 2.15. The first-order valence-corrected chi connectivity index (χ1v) is 6.45. The molecule has 0 heterocycles. The van der Waals surface area contributed by atoms with E-state index in [2.05, 4.69) is 4.74 Å². The second-order valence-electron chi connectivity index (χ2n) is 4.51. The summed E-state index contributed by atoms with van der Waals surface area (Å²) in [6.45, 7) is -0.287. The zero-order chi connectivity index (χ0) is 16.1. The van der Waals surface area contributed by atoms with Crippen LogP contribution in [0.25, 0.3) is 0 Å².